The first-order valence-corrected chi connectivity index (χ1v) is 17.7. The van der Waals surface area contributed by atoms with Crippen LogP contribution in [-0.2, 0) is 36.2 Å². The summed E-state index contributed by atoms with van der Waals surface area (Å²) in [6, 6.07) is 10.3. The first-order valence-electron chi connectivity index (χ1n) is 16.9. The van der Waals surface area contributed by atoms with E-state index in [1.54, 1.807) is 89.5 Å². The van der Waals surface area contributed by atoms with Gasteiger partial charge in [-0.15, -0.1) is 0 Å². The smallest absolute Gasteiger partial charge is 0.361 e. The third-order valence-electron chi connectivity index (χ3n) is 7.42. The zero-order valence-electron chi connectivity index (χ0n) is 30.6. The summed E-state index contributed by atoms with van der Waals surface area (Å²) in [6.07, 6.45) is 13.7. The second-order valence-electron chi connectivity index (χ2n) is 11.7. The van der Waals surface area contributed by atoms with Crippen LogP contribution < -0.4 is 42.5 Å². The third-order valence-corrected chi connectivity index (χ3v) is 7.92. The van der Waals surface area contributed by atoms with E-state index in [0.717, 1.165) is 0 Å². The molecule has 2 aromatic rings. The number of carbonyl (C=O) groups is 4. The number of nitro benzene ring substituents is 2. The Morgan fingerprint density at radius 2 is 0.860 bits per heavy atom. The molecule has 4 amide bonds. The van der Waals surface area contributed by atoms with Crippen LogP contribution in [0.15, 0.2) is 48.5 Å². The maximum absolute atomic E-state index is 12.0. The van der Waals surface area contributed by atoms with Gasteiger partial charge in [-0.25, -0.2) is 0 Å². The fourth-order valence-corrected chi connectivity index (χ4v) is 4.89. The van der Waals surface area contributed by atoms with Gasteiger partial charge in [0.25, 0.3) is 11.4 Å². The summed E-state index contributed by atoms with van der Waals surface area (Å²) in [6.45, 7) is 4.55. The van der Waals surface area contributed by atoms with Crippen LogP contribution in [0.4, 0.5) is 22.7 Å². The van der Waals surface area contributed by atoms with Gasteiger partial charge < -0.3 is 42.5 Å². The molecule has 2 aliphatic carbocycles. The van der Waals surface area contributed by atoms with Crippen LogP contribution in [0.1, 0.15) is 13.8 Å². The van der Waals surface area contributed by atoms with Gasteiger partial charge in [-0.3, -0.25) is 39.4 Å². The number of nitro groups is 2. The van der Waals surface area contributed by atoms with Crippen molar-refractivity contribution in [1.29, 1.82) is 0 Å². The molecular formula is C36H40FeN10O8S2+2. The fraction of sp³-hybridized carbons (Fsp3) is 0.222. The minimum Gasteiger partial charge on any atom is -0.361 e. The Morgan fingerprint density at radius 1 is 0.561 bits per heavy atom. The van der Waals surface area contributed by atoms with E-state index in [9.17, 15) is 39.4 Å². The van der Waals surface area contributed by atoms with Gasteiger partial charge >= 0.3 is 17.1 Å². The quantitative estimate of drug-likeness (QED) is 0.0395. The van der Waals surface area contributed by atoms with E-state index in [1.807, 2.05) is 0 Å². The van der Waals surface area contributed by atoms with E-state index in [4.69, 9.17) is 24.4 Å². The molecule has 0 aliphatic heterocycles. The predicted octanol–water partition coefficient (Wildman–Crippen LogP) is 1.81. The maximum Gasteiger partial charge on any atom is 2.00 e. The van der Waals surface area contributed by atoms with E-state index in [1.165, 1.54) is 24.3 Å². The SMILES string of the molecule is C[C@H](NC(=O)[C]1[CH][CH][CH][CH]1)C(=O)NCCNC(=S)Nc1ccc([N+](=O)[O-])cc1.C[C@H](NC(=O)[C]1[CH][CH][CH][CH]1)C(=O)NCCNC(=S)Nc1ccc([N+](=O)[O-])cc1.[Fe+2]. The largest absolute Gasteiger partial charge is 2.00 e. The van der Waals surface area contributed by atoms with Gasteiger partial charge in [-0.2, -0.15) is 0 Å². The van der Waals surface area contributed by atoms with Gasteiger partial charge in [0, 0.05) is 61.8 Å². The summed E-state index contributed by atoms with van der Waals surface area (Å²) in [7, 11) is 0. The number of rotatable bonds is 16. The molecule has 2 saturated carbocycles. The monoisotopic (exact) mass is 860 g/mol. The molecule has 0 saturated heterocycles. The molecule has 0 aromatic heterocycles. The van der Waals surface area contributed by atoms with Crippen LogP contribution in [0.3, 0.4) is 0 Å². The number of hydrogen-bond donors (Lipinski definition) is 8. The molecule has 10 radical (unpaired) electrons. The van der Waals surface area contributed by atoms with Gasteiger partial charge in [0.15, 0.2) is 10.2 Å². The van der Waals surface area contributed by atoms with Crippen molar-refractivity contribution in [2.75, 3.05) is 36.8 Å². The van der Waals surface area contributed by atoms with Crippen molar-refractivity contribution in [1.82, 2.24) is 31.9 Å². The fourth-order valence-electron chi connectivity index (χ4n) is 4.45. The Labute approximate surface area is 352 Å². The van der Waals surface area contributed by atoms with Crippen LogP contribution in [0.25, 0.3) is 0 Å². The number of nitrogens with one attached hydrogen (secondary N) is 8. The molecule has 2 aliphatic rings. The average molecular weight is 861 g/mol. The summed E-state index contributed by atoms with van der Waals surface area (Å²) < 4.78 is 0. The van der Waals surface area contributed by atoms with Crippen molar-refractivity contribution in [2.24, 2.45) is 0 Å². The predicted molar refractivity (Wildman–Crippen MR) is 217 cm³/mol. The molecule has 4 rings (SSSR count). The van der Waals surface area contributed by atoms with Crippen molar-refractivity contribution in [3.05, 3.63) is 132 Å². The minimum atomic E-state index is -0.674. The Hall–Kier alpha value is -4.98. The van der Waals surface area contributed by atoms with Gasteiger partial charge in [0.2, 0.25) is 23.6 Å². The molecule has 0 heterocycles. The topological polar surface area (TPSA) is 251 Å². The Bertz CT molecular complexity index is 1570. The van der Waals surface area contributed by atoms with Crippen LogP contribution in [-0.4, -0.2) is 82.0 Å². The molecule has 57 heavy (non-hydrogen) atoms. The second kappa shape index (κ2) is 25.3. The molecular weight excluding hydrogens is 820 g/mol. The zero-order chi connectivity index (χ0) is 41.0. The number of thiocarbonyl (C=S) groups is 2. The van der Waals surface area contributed by atoms with Crippen LogP contribution in [0.5, 0.6) is 0 Å². The van der Waals surface area contributed by atoms with Gasteiger partial charge in [-0.05, 0) is 114 Å². The summed E-state index contributed by atoms with van der Waals surface area (Å²) in [5, 5.41) is 44.1. The minimum absolute atomic E-state index is 0. The molecule has 2 fully saturated rings. The van der Waals surface area contributed by atoms with Gasteiger partial charge in [0.1, 0.15) is 12.1 Å². The normalized spacial score (nSPS) is 14.5. The molecule has 2 aromatic carbocycles. The van der Waals surface area contributed by atoms with Crippen molar-refractivity contribution in [3.8, 4) is 0 Å². The number of nitrogens with zero attached hydrogens (tertiary/aromatic N) is 2. The molecule has 2 atom stereocenters. The van der Waals surface area contributed by atoms with Crippen LogP contribution in [0, 0.1) is 83.4 Å². The Balaban J connectivity index is 0.000000387. The number of anilines is 2. The van der Waals surface area contributed by atoms with E-state index < -0.39 is 21.9 Å². The maximum atomic E-state index is 12.0. The number of carbonyl (C=O) groups excluding carboxylic acids is 4. The molecule has 8 N–H and O–H groups in total. The van der Waals surface area contributed by atoms with E-state index in [-0.39, 0.29) is 52.1 Å². The molecule has 0 unspecified atom stereocenters. The number of non-ortho nitro benzene ring substituents is 2. The van der Waals surface area contributed by atoms with Crippen LogP contribution >= 0.6 is 24.4 Å². The third kappa shape index (κ3) is 17.8. The Morgan fingerprint density at radius 3 is 1.16 bits per heavy atom. The van der Waals surface area contributed by atoms with Crippen molar-refractivity contribution < 1.29 is 46.1 Å². The summed E-state index contributed by atoms with van der Waals surface area (Å²) in [5.41, 5.74) is 1.20. The summed E-state index contributed by atoms with van der Waals surface area (Å²) in [4.78, 5) is 68.1. The summed E-state index contributed by atoms with van der Waals surface area (Å²) >= 11 is 10.3. The second-order valence-corrected chi connectivity index (χ2v) is 12.5. The molecule has 0 bridgehead atoms. The molecule has 300 valence electrons. The zero-order valence-corrected chi connectivity index (χ0v) is 33.3. The average Bonchev–Trinajstić information content (AvgIpc) is 3.92. The van der Waals surface area contributed by atoms with Gasteiger partial charge in [-0.1, -0.05) is 0 Å². The van der Waals surface area contributed by atoms with Crippen LogP contribution in [0.2, 0.25) is 0 Å². The first-order chi connectivity index (χ1) is 26.7. The number of benzene rings is 2. The van der Waals surface area contributed by atoms with Crippen molar-refractivity contribution in [2.45, 2.75) is 25.9 Å². The molecule has 21 heteroatoms. The van der Waals surface area contributed by atoms with Crippen molar-refractivity contribution >= 4 is 81.0 Å². The molecule has 18 nitrogen and oxygen atoms in total. The Kier molecular flexibility index (Phi) is 21.4. The standard InChI is InChI=1S/2C18H20N5O4S.Fe/c2*1-12(21-17(25)13-4-2-3-5-13)16(24)19-10-11-20-18(28)22-14-6-8-15(9-7-14)23(26)27;/h2*2-9,12H,10-11H2,1H3,(H,19,24)(H,21,25)(H2,20,22,28);/q;;+2/t2*12-;/m00./s1. The van der Waals surface area contributed by atoms with E-state index in [0.29, 0.717) is 59.6 Å². The first kappa shape index (κ1) is 48.2. The molecule has 0 spiro atoms. The van der Waals surface area contributed by atoms with E-state index >= 15 is 0 Å². The van der Waals surface area contributed by atoms with Gasteiger partial charge in [0.05, 0.1) is 21.7 Å². The van der Waals surface area contributed by atoms with E-state index in [2.05, 4.69) is 42.5 Å². The summed E-state index contributed by atoms with van der Waals surface area (Å²) in [5.74, 6) is -0.224. The van der Waals surface area contributed by atoms with Crippen molar-refractivity contribution in [3.63, 3.8) is 0 Å². The number of amides is 4. The number of hydrogen-bond acceptors (Lipinski definition) is 10.